The molecule has 1 amide bonds. The fourth-order valence-electron chi connectivity index (χ4n) is 5.39. The summed E-state index contributed by atoms with van der Waals surface area (Å²) in [5, 5.41) is 18.8. The average molecular weight is 546 g/mol. The second-order valence-electron chi connectivity index (χ2n) is 10.4. The van der Waals surface area contributed by atoms with Gasteiger partial charge in [0.1, 0.15) is 11.9 Å². The molecule has 0 unspecified atom stereocenters. The number of nitriles is 1. The van der Waals surface area contributed by atoms with E-state index in [-0.39, 0.29) is 23.8 Å². The van der Waals surface area contributed by atoms with Crippen molar-refractivity contribution >= 4 is 23.2 Å². The molecule has 3 aromatic heterocycles. The smallest absolute Gasteiger partial charge is 0.236 e. The molecule has 0 spiro atoms. The molecule has 8 nitrogen and oxygen atoms in total. The maximum atomic E-state index is 14.5. The minimum atomic E-state index is -0.308. The third kappa shape index (κ3) is 5.42. The maximum Gasteiger partial charge on any atom is 0.236 e. The Bertz CT molecular complexity index is 1540. The molecule has 1 aromatic carbocycles. The lowest BCUT2D eigenvalue weighted by atomic mass is 9.90. The van der Waals surface area contributed by atoms with E-state index in [0.717, 1.165) is 47.4 Å². The molecule has 0 atom stereocenters. The number of hydrogen-bond donors (Lipinski definition) is 0. The van der Waals surface area contributed by atoms with Gasteiger partial charge in [-0.25, -0.2) is 8.91 Å². The van der Waals surface area contributed by atoms with Gasteiger partial charge in [-0.3, -0.25) is 9.48 Å². The van der Waals surface area contributed by atoms with Gasteiger partial charge in [0.15, 0.2) is 0 Å². The summed E-state index contributed by atoms with van der Waals surface area (Å²) in [7, 11) is 5.73. The number of fused-ring (bicyclic) bond motifs is 1. The van der Waals surface area contributed by atoms with Gasteiger partial charge in [0, 0.05) is 45.9 Å². The van der Waals surface area contributed by atoms with E-state index in [0.29, 0.717) is 22.5 Å². The van der Waals surface area contributed by atoms with Gasteiger partial charge >= 0.3 is 0 Å². The third-order valence-corrected chi connectivity index (χ3v) is 8.60. The van der Waals surface area contributed by atoms with Gasteiger partial charge in [0.05, 0.1) is 36.1 Å². The molecule has 5 rings (SSSR count). The molecule has 0 saturated heterocycles. The third-order valence-electron chi connectivity index (χ3n) is 7.51. The average Bonchev–Trinajstić information content (AvgIpc) is 3.52. The number of rotatable bonds is 7. The molecule has 4 aromatic rings. The van der Waals surface area contributed by atoms with Gasteiger partial charge in [-0.1, -0.05) is 23.9 Å². The van der Waals surface area contributed by atoms with Crippen LogP contribution >= 0.6 is 11.8 Å². The van der Waals surface area contributed by atoms with Crippen LogP contribution in [0.5, 0.6) is 0 Å². The minimum Gasteiger partial charge on any atom is -0.342 e. The van der Waals surface area contributed by atoms with Crippen LogP contribution in [0.2, 0.25) is 0 Å². The second kappa shape index (κ2) is 11.2. The van der Waals surface area contributed by atoms with Gasteiger partial charge in [0.2, 0.25) is 5.91 Å². The molecule has 202 valence electrons. The highest BCUT2D eigenvalue weighted by Gasteiger charge is 2.29. The van der Waals surface area contributed by atoms with Crippen LogP contribution in [-0.2, 0) is 4.79 Å². The SMILES string of the molecule is Cc1c(-c2cc(Sc3ccccc3F)c3c(C#N)cnn3c2)cnn1C1CCC(N(C)C(=O)CN(C)C)CC1. The van der Waals surface area contributed by atoms with Crippen LogP contribution in [0.15, 0.2) is 58.7 Å². The molecule has 0 aliphatic heterocycles. The van der Waals surface area contributed by atoms with Gasteiger partial charge in [-0.15, -0.1) is 0 Å². The van der Waals surface area contributed by atoms with Gasteiger partial charge < -0.3 is 9.80 Å². The van der Waals surface area contributed by atoms with Crippen LogP contribution in [0.4, 0.5) is 4.39 Å². The second-order valence-corrected chi connectivity index (χ2v) is 11.5. The zero-order valence-corrected chi connectivity index (χ0v) is 23.5. The Morgan fingerprint density at radius 2 is 1.87 bits per heavy atom. The van der Waals surface area contributed by atoms with Crippen LogP contribution in [0.1, 0.15) is 43.0 Å². The largest absolute Gasteiger partial charge is 0.342 e. The Morgan fingerprint density at radius 3 is 2.56 bits per heavy atom. The van der Waals surface area contributed by atoms with E-state index in [2.05, 4.69) is 22.8 Å². The van der Waals surface area contributed by atoms with Crippen LogP contribution in [0, 0.1) is 24.1 Å². The van der Waals surface area contributed by atoms with E-state index >= 15 is 0 Å². The standard InChI is InChI=1S/C29H32FN7OS/c1-19-24(16-33-37(19)23-11-9-22(10-12-23)35(4)28(38)18-34(2)3)20-13-27(39-26-8-6-5-7-25(26)30)29-21(14-31)15-32-36(29)17-20/h5-8,13,15-17,22-23H,9-12,18H2,1-4H3. The first kappa shape index (κ1) is 26.9. The summed E-state index contributed by atoms with van der Waals surface area (Å²) < 4.78 is 18.3. The Kier molecular flexibility index (Phi) is 7.73. The topological polar surface area (TPSA) is 82.5 Å². The number of likely N-dealkylation sites (N-methyl/N-ethyl adjacent to an activating group) is 2. The Balaban J connectivity index is 1.41. The first-order valence-electron chi connectivity index (χ1n) is 13.1. The molecule has 10 heteroatoms. The summed E-state index contributed by atoms with van der Waals surface area (Å²) in [6.45, 7) is 2.49. The van der Waals surface area contributed by atoms with Crippen molar-refractivity contribution in [1.82, 2.24) is 29.2 Å². The highest BCUT2D eigenvalue weighted by molar-refractivity contribution is 7.99. The predicted octanol–water partition coefficient (Wildman–Crippen LogP) is 5.17. The molecule has 39 heavy (non-hydrogen) atoms. The molecule has 0 N–H and O–H groups in total. The van der Waals surface area contributed by atoms with E-state index < -0.39 is 0 Å². The number of halogens is 1. The summed E-state index contributed by atoms with van der Waals surface area (Å²) in [4.78, 5) is 17.6. The van der Waals surface area contributed by atoms with Crippen molar-refractivity contribution < 1.29 is 9.18 Å². The molecule has 0 bridgehead atoms. The molecule has 1 aliphatic carbocycles. The van der Waals surface area contributed by atoms with Crippen molar-refractivity contribution in [2.45, 2.75) is 54.5 Å². The number of benzene rings is 1. The highest BCUT2D eigenvalue weighted by atomic mass is 32.2. The van der Waals surface area contributed by atoms with Crippen molar-refractivity contribution in [2.75, 3.05) is 27.7 Å². The van der Waals surface area contributed by atoms with E-state index in [1.165, 1.54) is 17.8 Å². The van der Waals surface area contributed by atoms with Crippen molar-refractivity contribution in [3.05, 3.63) is 66.0 Å². The van der Waals surface area contributed by atoms with Crippen LogP contribution in [0.3, 0.4) is 0 Å². The van der Waals surface area contributed by atoms with E-state index in [1.807, 2.05) is 49.4 Å². The molecule has 3 heterocycles. The van der Waals surface area contributed by atoms with Crippen molar-refractivity contribution in [1.29, 1.82) is 5.26 Å². The number of carbonyl (C=O) groups excluding carboxylic acids is 1. The zero-order chi connectivity index (χ0) is 27.7. The van der Waals surface area contributed by atoms with E-state index in [9.17, 15) is 14.4 Å². The summed E-state index contributed by atoms with van der Waals surface area (Å²) >= 11 is 1.29. The number of aromatic nitrogens is 4. The maximum absolute atomic E-state index is 14.5. The fourth-order valence-corrected chi connectivity index (χ4v) is 6.42. The van der Waals surface area contributed by atoms with E-state index in [4.69, 9.17) is 5.10 Å². The Morgan fingerprint density at radius 1 is 1.13 bits per heavy atom. The van der Waals surface area contributed by atoms with Gasteiger partial charge in [-0.2, -0.15) is 15.5 Å². The van der Waals surface area contributed by atoms with Gasteiger partial charge in [0.25, 0.3) is 0 Å². The van der Waals surface area contributed by atoms with Gasteiger partial charge in [-0.05, 0) is 64.9 Å². The van der Waals surface area contributed by atoms with Crippen molar-refractivity contribution in [3.63, 3.8) is 0 Å². The summed E-state index contributed by atoms with van der Waals surface area (Å²) in [6, 6.07) is 11.3. The summed E-state index contributed by atoms with van der Waals surface area (Å²) in [5.41, 5.74) is 4.02. The number of hydrogen-bond acceptors (Lipinski definition) is 6. The summed E-state index contributed by atoms with van der Waals surface area (Å²) in [6.07, 6.45) is 9.09. The minimum absolute atomic E-state index is 0.152. The first-order valence-corrected chi connectivity index (χ1v) is 13.9. The van der Waals surface area contributed by atoms with Crippen LogP contribution in [0.25, 0.3) is 16.6 Å². The molecule has 1 aliphatic rings. The fraction of sp³-hybridized carbons (Fsp3) is 0.379. The highest BCUT2D eigenvalue weighted by Crippen LogP contribution is 2.38. The lowest BCUT2D eigenvalue weighted by Crippen LogP contribution is -2.43. The molecule has 0 radical (unpaired) electrons. The number of amides is 1. The van der Waals surface area contributed by atoms with Crippen molar-refractivity contribution in [3.8, 4) is 17.2 Å². The molecular weight excluding hydrogens is 513 g/mol. The monoisotopic (exact) mass is 545 g/mol. The predicted molar refractivity (Wildman–Crippen MR) is 149 cm³/mol. The molecular formula is C29H32FN7OS. The van der Waals surface area contributed by atoms with Crippen LogP contribution in [-0.4, -0.2) is 68.8 Å². The lowest BCUT2D eigenvalue weighted by Gasteiger charge is -2.35. The van der Waals surface area contributed by atoms with E-state index in [1.54, 1.807) is 28.9 Å². The Labute approximate surface area is 232 Å². The van der Waals surface area contributed by atoms with Crippen LogP contribution < -0.4 is 0 Å². The molecule has 1 saturated carbocycles. The van der Waals surface area contributed by atoms with Crippen molar-refractivity contribution in [2.24, 2.45) is 0 Å². The first-order chi connectivity index (χ1) is 18.8. The normalized spacial score (nSPS) is 17.5. The lowest BCUT2D eigenvalue weighted by molar-refractivity contribution is -0.133. The molecule has 1 fully saturated rings. The zero-order valence-electron chi connectivity index (χ0n) is 22.6. The number of pyridine rings is 1. The number of nitrogens with zero attached hydrogens (tertiary/aromatic N) is 7. The Hall–Kier alpha value is -3.68. The summed E-state index contributed by atoms with van der Waals surface area (Å²) in [5.74, 6) is -0.156. The number of carbonyl (C=O) groups is 1. The quantitative estimate of drug-likeness (QED) is 0.319.